The van der Waals surface area contributed by atoms with Crippen LogP contribution in [0.3, 0.4) is 0 Å². The molecule has 0 spiro atoms. The summed E-state index contributed by atoms with van der Waals surface area (Å²) in [5, 5.41) is 6.92. The summed E-state index contributed by atoms with van der Waals surface area (Å²) in [6.07, 6.45) is 3.07. The molecule has 1 heterocycles. The van der Waals surface area contributed by atoms with E-state index in [0.29, 0.717) is 23.2 Å². The molecular weight excluding hydrogens is 320 g/mol. The number of hydrazone groups is 1. The van der Waals surface area contributed by atoms with Gasteiger partial charge < -0.3 is 4.74 Å². The van der Waals surface area contributed by atoms with Crippen molar-refractivity contribution in [1.82, 2.24) is 9.73 Å². The van der Waals surface area contributed by atoms with E-state index in [4.69, 9.17) is 16.3 Å². The van der Waals surface area contributed by atoms with E-state index in [0.717, 1.165) is 23.8 Å². The quantitative estimate of drug-likeness (QED) is 0.505. The Morgan fingerprint density at radius 1 is 1.55 bits per heavy atom. The number of aliphatic imine (C=N–C) groups is 1. The van der Waals surface area contributed by atoms with E-state index in [2.05, 4.69) is 21.7 Å². The van der Waals surface area contributed by atoms with Gasteiger partial charge in [-0.15, -0.1) is 0 Å². The first kappa shape index (κ1) is 17.0. The second kappa shape index (κ2) is 8.29. The molecule has 0 fully saturated rings. The molecule has 1 aliphatic heterocycles. The monoisotopic (exact) mass is 340 g/mol. The van der Waals surface area contributed by atoms with Crippen LogP contribution in [0.15, 0.2) is 33.2 Å². The maximum absolute atomic E-state index is 6.14. The minimum Gasteiger partial charge on any atom is -0.495 e. The molecule has 120 valence electrons. The van der Waals surface area contributed by atoms with Crippen LogP contribution < -0.4 is 9.46 Å². The Morgan fingerprint density at radius 2 is 2.36 bits per heavy atom. The largest absolute Gasteiger partial charge is 0.495 e. The summed E-state index contributed by atoms with van der Waals surface area (Å²) in [5.41, 5.74) is 0. The number of hydrogen-bond acceptors (Lipinski definition) is 4. The number of halogens is 1. The maximum atomic E-state index is 6.14. The molecule has 1 N–H and O–H groups in total. The normalized spacial score (nSPS) is 17.9. The van der Waals surface area contributed by atoms with E-state index in [1.54, 1.807) is 7.11 Å². The lowest BCUT2D eigenvalue weighted by atomic mass is 10.1. The van der Waals surface area contributed by atoms with Crippen molar-refractivity contribution in [3.8, 4) is 5.75 Å². The van der Waals surface area contributed by atoms with Gasteiger partial charge in [-0.25, -0.2) is 5.01 Å². The number of guanidine groups is 1. The lowest BCUT2D eigenvalue weighted by Gasteiger charge is -2.18. The fourth-order valence-corrected chi connectivity index (χ4v) is 3.01. The molecule has 0 radical (unpaired) electrons. The molecule has 7 heteroatoms. The number of rotatable bonds is 5. The summed E-state index contributed by atoms with van der Waals surface area (Å²) < 4.78 is 8.42. The molecule has 1 aromatic carbocycles. The molecule has 0 saturated heterocycles. The van der Waals surface area contributed by atoms with Gasteiger partial charge in [-0.2, -0.15) is 5.10 Å². The fourth-order valence-electron chi connectivity index (χ4n) is 2.00. The molecule has 0 amide bonds. The van der Waals surface area contributed by atoms with Gasteiger partial charge >= 0.3 is 0 Å². The molecular formula is C15H21ClN4OS. The number of nitrogens with zero attached hydrogens (tertiary/aromatic N) is 3. The van der Waals surface area contributed by atoms with E-state index in [9.17, 15) is 0 Å². The van der Waals surface area contributed by atoms with Crippen LogP contribution in [-0.2, 0) is 0 Å². The highest BCUT2D eigenvalue weighted by molar-refractivity contribution is 7.98. The number of nitrogens with one attached hydrogen (secondary N) is 1. The topological polar surface area (TPSA) is 49.2 Å². The summed E-state index contributed by atoms with van der Waals surface area (Å²) in [6.45, 7) is 5.74. The van der Waals surface area contributed by atoms with E-state index >= 15 is 0 Å². The van der Waals surface area contributed by atoms with Crippen molar-refractivity contribution in [3.63, 3.8) is 0 Å². The van der Waals surface area contributed by atoms with Crippen LogP contribution in [0.1, 0.15) is 20.3 Å². The third-order valence-electron chi connectivity index (χ3n) is 3.28. The summed E-state index contributed by atoms with van der Waals surface area (Å²) in [6, 6.07) is 5.67. The zero-order valence-electron chi connectivity index (χ0n) is 13.0. The number of benzene rings is 1. The second-order valence-electron chi connectivity index (χ2n) is 4.81. The average molecular weight is 341 g/mol. The van der Waals surface area contributed by atoms with E-state index in [1.165, 1.54) is 11.9 Å². The number of hydrogen-bond donors (Lipinski definition) is 1. The lowest BCUT2D eigenvalue weighted by Crippen LogP contribution is -2.34. The van der Waals surface area contributed by atoms with Crippen molar-refractivity contribution >= 4 is 35.7 Å². The highest BCUT2D eigenvalue weighted by Gasteiger charge is 2.20. The van der Waals surface area contributed by atoms with Crippen LogP contribution in [0.4, 0.5) is 0 Å². The highest BCUT2D eigenvalue weighted by Crippen LogP contribution is 2.28. The predicted octanol–water partition coefficient (Wildman–Crippen LogP) is 3.65. The molecule has 0 aromatic heterocycles. The van der Waals surface area contributed by atoms with Gasteiger partial charge in [-0.3, -0.25) is 9.71 Å². The van der Waals surface area contributed by atoms with Gasteiger partial charge in [0.25, 0.3) is 0 Å². The van der Waals surface area contributed by atoms with Crippen LogP contribution in [-0.4, -0.2) is 37.4 Å². The van der Waals surface area contributed by atoms with Crippen LogP contribution in [0.5, 0.6) is 5.75 Å². The van der Waals surface area contributed by atoms with Gasteiger partial charge in [0.1, 0.15) is 5.75 Å². The molecule has 2 rings (SSSR count). The second-order valence-corrected chi connectivity index (χ2v) is 6.10. The Labute approximate surface area is 140 Å². The van der Waals surface area contributed by atoms with Gasteiger partial charge in [-0.1, -0.05) is 18.5 Å². The van der Waals surface area contributed by atoms with Crippen molar-refractivity contribution < 1.29 is 4.74 Å². The van der Waals surface area contributed by atoms with Gasteiger partial charge in [0, 0.05) is 23.6 Å². The van der Waals surface area contributed by atoms with Crippen LogP contribution in [0.2, 0.25) is 5.02 Å². The summed E-state index contributed by atoms with van der Waals surface area (Å²) in [4.78, 5) is 5.48. The van der Waals surface area contributed by atoms with E-state index in [1.807, 2.05) is 36.3 Å². The third-order valence-corrected chi connectivity index (χ3v) is 4.35. The Balaban J connectivity index is 1.99. The zero-order valence-corrected chi connectivity index (χ0v) is 14.6. The van der Waals surface area contributed by atoms with Crippen molar-refractivity contribution in [2.45, 2.75) is 25.2 Å². The van der Waals surface area contributed by atoms with Crippen LogP contribution in [0.25, 0.3) is 0 Å². The predicted molar refractivity (Wildman–Crippen MR) is 94.0 cm³/mol. The summed E-state index contributed by atoms with van der Waals surface area (Å²) in [5.74, 6) is 1.93. The fraction of sp³-hybridized carbons (Fsp3) is 0.467. The zero-order chi connectivity index (χ0) is 15.9. The van der Waals surface area contributed by atoms with Crippen molar-refractivity contribution in [2.24, 2.45) is 16.0 Å². The van der Waals surface area contributed by atoms with Crippen LogP contribution >= 0.6 is 23.5 Å². The van der Waals surface area contributed by atoms with Gasteiger partial charge in [0.05, 0.1) is 18.7 Å². The minimum atomic E-state index is 0.490. The third kappa shape index (κ3) is 4.30. The average Bonchev–Trinajstić information content (AvgIpc) is 3.00. The van der Waals surface area contributed by atoms with Gasteiger partial charge in [0.2, 0.25) is 5.96 Å². The molecule has 0 bridgehead atoms. The molecule has 1 aliphatic rings. The Kier molecular flexibility index (Phi) is 6.39. The minimum absolute atomic E-state index is 0.490. The number of ether oxygens (including phenoxy) is 1. The lowest BCUT2D eigenvalue weighted by molar-refractivity contribution is 0.414. The molecule has 5 nitrogen and oxygen atoms in total. The molecule has 1 atom stereocenters. The van der Waals surface area contributed by atoms with E-state index in [-0.39, 0.29) is 0 Å². The molecule has 1 aromatic rings. The van der Waals surface area contributed by atoms with Crippen molar-refractivity contribution in [2.75, 3.05) is 20.2 Å². The van der Waals surface area contributed by atoms with Gasteiger partial charge in [-0.05, 0) is 43.5 Å². The molecule has 1 unspecified atom stereocenters. The Hall–Kier alpha value is -1.40. The standard InChI is InChI=1S/C15H21ClN4OS/c1-4-11-9-18-20(10-11)15(17-5-2)19-22-12-6-7-14(21-3)13(16)8-12/h6-9,11H,4-5,10H2,1-3H3,(H,17,19). The molecule has 0 aliphatic carbocycles. The maximum Gasteiger partial charge on any atom is 0.225 e. The van der Waals surface area contributed by atoms with Gasteiger partial charge in [0.15, 0.2) is 0 Å². The van der Waals surface area contributed by atoms with Crippen molar-refractivity contribution in [3.05, 3.63) is 23.2 Å². The highest BCUT2D eigenvalue weighted by atomic mass is 35.5. The Morgan fingerprint density at radius 3 is 2.95 bits per heavy atom. The molecule has 22 heavy (non-hydrogen) atoms. The SMILES string of the molecule is CCN=C(NSc1ccc(OC)c(Cl)c1)N1CC(CC)C=N1. The van der Waals surface area contributed by atoms with Crippen LogP contribution in [0, 0.1) is 5.92 Å². The first-order valence-electron chi connectivity index (χ1n) is 7.30. The van der Waals surface area contributed by atoms with Crippen molar-refractivity contribution in [1.29, 1.82) is 0 Å². The first-order chi connectivity index (χ1) is 10.7. The smallest absolute Gasteiger partial charge is 0.225 e. The van der Waals surface area contributed by atoms with E-state index < -0.39 is 0 Å². The summed E-state index contributed by atoms with van der Waals surface area (Å²) >= 11 is 7.60. The first-order valence-corrected chi connectivity index (χ1v) is 8.49. The number of methoxy groups -OCH3 is 1. The summed E-state index contributed by atoms with van der Waals surface area (Å²) in [7, 11) is 1.60. The Bertz CT molecular complexity index is 564. The molecule has 0 saturated carbocycles.